The standard InChI is InChI=1S/C16H22N2O4/c1-15(2,3)22-14(21)18-11-6-4-10(5-7-11)16(8-9-16)12(17)13(19)20/h4-7,12H,8-9,17H2,1-3H3,(H,18,21)(H,19,20). The number of aliphatic carboxylic acids is 1. The Balaban J connectivity index is 2.05. The van der Waals surface area contributed by atoms with Gasteiger partial charge in [0.15, 0.2) is 0 Å². The third-order valence-electron chi connectivity index (χ3n) is 3.76. The summed E-state index contributed by atoms with van der Waals surface area (Å²) in [7, 11) is 0. The molecule has 4 N–H and O–H groups in total. The van der Waals surface area contributed by atoms with Crippen LogP contribution in [0.2, 0.25) is 0 Å². The lowest BCUT2D eigenvalue weighted by Crippen LogP contribution is -2.41. The van der Waals surface area contributed by atoms with Crippen LogP contribution in [0.15, 0.2) is 24.3 Å². The van der Waals surface area contributed by atoms with E-state index in [0.29, 0.717) is 5.69 Å². The second kappa shape index (κ2) is 5.61. The molecular weight excluding hydrogens is 284 g/mol. The van der Waals surface area contributed by atoms with E-state index in [-0.39, 0.29) is 0 Å². The maximum Gasteiger partial charge on any atom is 0.412 e. The fourth-order valence-corrected chi connectivity index (χ4v) is 2.46. The first kappa shape index (κ1) is 16.3. The first-order valence-electron chi connectivity index (χ1n) is 7.23. The molecule has 120 valence electrons. The third kappa shape index (κ3) is 3.57. The minimum absolute atomic E-state index is 0.476. The average molecular weight is 306 g/mol. The predicted octanol–water partition coefficient (Wildman–Crippen LogP) is 2.48. The fraction of sp³-hybridized carbons (Fsp3) is 0.500. The first-order chi connectivity index (χ1) is 10.1. The summed E-state index contributed by atoms with van der Waals surface area (Å²) in [6.45, 7) is 5.37. The SMILES string of the molecule is CC(C)(C)OC(=O)Nc1ccc(C2(C(N)C(=O)O)CC2)cc1. The summed E-state index contributed by atoms with van der Waals surface area (Å²) < 4.78 is 5.17. The van der Waals surface area contributed by atoms with Crippen LogP contribution in [0.25, 0.3) is 0 Å². The van der Waals surface area contributed by atoms with Gasteiger partial charge in [0.05, 0.1) is 0 Å². The Morgan fingerprint density at radius 1 is 1.27 bits per heavy atom. The van der Waals surface area contributed by atoms with E-state index in [2.05, 4.69) is 5.32 Å². The average Bonchev–Trinajstić information content (AvgIpc) is 3.17. The van der Waals surface area contributed by atoms with Crippen molar-refractivity contribution in [2.24, 2.45) is 5.73 Å². The Morgan fingerprint density at radius 2 is 1.82 bits per heavy atom. The van der Waals surface area contributed by atoms with Crippen LogP contribution in [0.4, 0.5) is 10.5 Å². The highest BCUT2D eigenvalue weighted by molar-refractivity contribution is 5.85. The number of rotatable bonds is 4. The van der Waals surface area contributed by atoms with Crippen molar-refractivity contribution in [1.29, 1.82) is 0 Å². The summed E-state index contributed by atoms with van der Waals surface area (Å²) in [6.07, 6.45) is 1.00. The van der Waals surface area contributed by atoms with Crippen molar-refractivity contribution in [2.75, 3.05) is 5.32 Å². The molecule has 0 heterocycles. The molecule has 1 aliphatic carbocycles. The number of carbonyl (C=O) groups excluding carboxylic acids is 1. The molecule has 1 fully saturated rings. The largest absolute Gasteiger partial charge is 0.480 e. The molecule has 2 rings (SSSR count). The Bertz CT molecular complexity index is 571. The van der Waals surface area contributed by atoms with Gasteiger partial charge >= 0.3 is 12.1 Å². The number of ether oxygens (including phenoxy) is 1. The Morgan fingerprint density at radius 3 is 2.23 bits per heavy atom. The Kier molecular flexibility index (Phi) is 4.15. The van der Waals surface area contributed by atoms with Gasteiger partial charge in [0.2, 0.25) is 0 Å². The highest BCUT2D eigenvalue weighted by atomic mass is 16.6. The van der Waals surface area contributed by atoms with Crippen LogP contribution >= 0.6 is 0 Å². The van der Waals surface area contributed by atoms with Gasteiger partial charge in [-0.15, -0.1) is 0 Å². The van der Waals surface area contributed by atoms with Crippen LogP contribution < -0.4 is 11.1 Å². The molecule has 0 radical (unpaired) electrons. The van der Waals surface area contributed by atoms with Crippen molar-refractivity contribution >= 4 is 17.7 Å². The number of hydrogen-bond donors (Lipinski definition) is 3. The number of nitrogens with one attached hydrogen (secondary N) is 1. The fourth-order valence-electron chi connectivity index (χ4n) is 2.46. The quantitative estimate of drug-likeness (QED) is 0.793. The summed E-state index contributed by atoms with van der Waals surface area (Å²) in [6, 6.07) is 6.17. The molecule has 1 aromatic rings. The van der Waals surface area contributed by atoms with E-state index >= 15 is 0 Å². The minimum Gasteiger partial charge on any atom is -0.480 e. The van der Waals surface area contributed by atoms with E-state index in [4.69, 9.17) is 15.6 Å². The van der Waals surface area contributed by atoms with Gasteiger partial charge in [0, 0.05) is 11.1 Å². The van der Waals surface area contributed by atoms with Crippen LogP contribution in [0, 0.1) is 0 Å². The maximum absolute atomic E-state index is 11.7. The number of carbonyl (C=O) groups is 2. The predicted molar refractivity (Wildman–Crippen MR) is 82.8 cm³/mol. The van der Waals surface area contributed by atoms with Crippen molar-refractivity contribution in [3.63, 3.8) is 0 Å². The third-order valence-corrected chi connectivity index (χ3v) is 3.76. The van der Waals surface area contributed by atoms with Crippen molar-refractivity contribution in [1.82, 2.24) is 0 Å². The molecule has 0 aromatic heterocycles. The number of carboxylic acid groups (broad SMARTS) is 1. The van der Waals surface area contributed by atoms with Crippen LogP contribution in [-0.2, 0) is 14.9 Å². The van der Waals surface area contributed by atoms with Gasteiger partial charge in [0.25, 0.3) is 0 Å². The van der Waals surface area contributed by atoms with Crippen LogP contribution in [0.5, 0.6) is 0 Å². The van der Waals surface area contributed by atoms with Gasteiger partial charge in [-0.25, -0.2) is 4.79 Å². The monoisotopic (exact) mass is 306 g/mol. The number of hydrogen-bond acceptors (Lipinski definition) is 4. The van der Waals surface area contributed by atoms with Crippen LogP contribution in [-0.4, -0.2) is 28.8 Å². The summed E-state index contributed by atoms with van der Waals surface area (Å²) in [5, 5.41) is 11.7. The Labute approximate surface area is 129 Å². The number of nitrogens with two attached hydrogens (primary N) is 1. The lowest BCUT2D eigenvalue weighted by Gasteiger charge is -2.21. The van der Waals surface area contributed by atoms with Gasteiger partial charge in [0.1, 0.15) is 11.6 Å². The lowest BCUT2D eigenvalue weighted by molar-refractivity contribution is -0.139. The van der Waals surface area contributed by atoms with Gasteiger partial charge < -0.3 is 15.6 Å². The molecule has 1 atom stereocenters. The van der Waals surface area contributed by atoms with Gasteiger partial charge in [-0.05, 0) is 51.3 Å². The molecule has 0 bridgehead atoms. The maximum atomic E-state index is 11.7. The van der Waals surface area contributed by atoms with Crippen molar-refractivity contribution in [3.05, 3.63) is 29.8 Å². The summed E-state index contributed by atoms with van der Waals surface area (Å²) in [4.78, 5) is 22.8. The molecule has 0 saturated heterocycles. The molecule has 1 aromatic carbocycles. The smallest absolute Gasteiger partial charge is 0.412 e. The topological polar surface area (TPSA) is 102 Å². The zero-order chi connectivity index (χ0) is 16.5. The second-order valence-corrected chi connectivity index (χ2v) is 6.68. The van der Waals surface area contributed by atoms with Crippen molar-refractivity contribution in [2.45, 2.75) is 50.7 Å². The summed E-state index contributed by atoms with van der Waals surface area (Å²) in [5.74, 6) is -0.992. The second-order valence-electron chi connectivity index (χ2n) is 6.68. The van der Waals surface area contributed by atoms with E-state index in [0.717, 1.165) is 18.4 Å². The molecule has 6 heteroatoms. The van der Waals surface area contributed by atoms with E-state index in [1.807, 2.05) is 12.1 Å². The molecule has 22 heavy (non-hydrogen) atoms. The Hall–Kier alpha value is -2.08. The molecule has 0 spiro atoms. The molecule has 1 saturated carbocycles. The van der Waals surface area contributed by atoms with Crippen LogP contribution in [0.3, 0.4) is 0 Å². The zero-order valence-electron chi connectivity index (χ0n) is 13.1. The van der Waals surface area contributed by atoms with E-state index in [9.17, 15) is 9.59 Å². The molecule has 1 amide bonds. The number of carboxylic acids is 1. The molecule has 0 aliphatic heterocycles. The van der Waals surface area contributed by atoms with Gasteiger partial charge in [-0.2, -0.15) is 0 Å². The number of anilines is 1. The minimum atomic E-state index is -0.992. The lowest BCUT2D eigenvalue weighted by atomic mass is 9.88. The van der Waals surface area contributed by atoms with Gasteiger partial charge in [-0.1, -0.05) is 12.1 Å². The van der Waals surface area contributed by atoms with Crippen LogP contribution in [0.1, 0.15) is 39.2 Å². The van der Waals surface area contributed by atoms with Gasteiger partial charge in [-0.3, -0.25) is 10.1 Å². The summed E-state index contributed by atoms with van der Waals surface area (Å²) >= 11 is 0. The van der Waals surface area contributed by atoms with E-state index < -0.39 is 29.1 Å². The van der Waals surface area contributed by atoms with Crippen molar-refractivity contribution < 1.29 is 19.4 Å². The molecule has 1 aliphatic rings. The normalized spacial score (nSPS) is 17.5. The number of amides is 1. The van der Waals surface area contributed by atoms with E-state index in [1.54, 1.807) is 32.9 Å². The first-order valence-corrected chi connectivity index (χ1v) is 7.23. The van der Waals surface area contributed by atoms with E-state index in [1.165, 1.54) is 0 Å². The molecular formula is C16H22N2O4. The number of benzene rings is 1. The highest BCUT2D eigenvalue weighted by Gasteiger charge is 2.52. The van der Waals surface area contributed by atoms with Crippen molar-refractivity contribution in [3.8, 4) is 0 Å². The zero-order valence-corrected chi connectivity index (χ0v) is 13.1. The summed E-state index contributed by atoms with van der Waals surface area (Å²) in [5.41, 5.74) is 6.23. The molecule has 6 nitrogen and oxygen atoms in total. The highest BCUT2D eigenvalue weighted by Crippen LogP contribution is 2.50. The molecule has 1 unspecified atom stereocenters.